The highest BCUT2D eigenvalue weighted by atomic mass is 35.5. The Morgan fingerprint density at radius 3 is 2.24 bits per heavy atom. The fourth-order valence-electron chi connectivity index (χ4n) is 2.05. The van der Waals surface area contributed by atoms with Gasteiger partial charge in [0.2, 0.25) is 5.91 Å². The molecule has 0 unspecified atom stereocenters. The van der Waals surface area contributed by atoms with Crippen LogP contribution in [0.4, 0.5) is 11.4 Å². The largest absolute Gasteiger partial charge is 0.478 e. The third-order valence-electron chi connectivity index (χ3n) is 3.46. The lowest BCUT2D eigenvalue weighted by molar-refractivity contribution is -0.128. The summed E-state index contributed by atoms with van der Waals surface area (Å²) in [6, 6.07) is 13.8. The number of carbonyl (C=O) groups excluding carboxylic acids is 2. The topological polar surface area (TPSA) is 67.4 Å². The van der Waals surface area contributed by atoms with Gasteiger partial charge in [-0.3, -0.25) is 9.59 Å². The van der Waals surface area contributed by atoms with Gasteiger partial charge in [-0.25, -0.2) is 0 Å². The molecule has 132 valence electrons. The van der Waals surface area contributed by atoms with Crippen LogP contribution in [0.3, 0.4) is 0 Å². The van der Waals surface area contributed by atoms with Gasteiger partial charge in [-0.05, 0) is 56.3 Å². The summed E-state index contributed by atoms with van der Waals surface area (Å²) in [5.74, 6) is 0.157. The summed E-state index contributed by atoms with van der Waals surface area (Å²) in [7, 11) is 0. The smallest absolute Gasteiger partial charge is 0.267 e. The zero-order valence-corrected chi connectivity index (χ0v) is 15.2. The number of carbonyl (C=O) groups is 2. The number of hydrogen-bond donors (Lipinski definition) is 2. The van der Waals surface area contributed by atoms with E-state index in [-0.39, 0.29) is 11.8 Å². The Labute approximate surface area is 152 Å². The average molecular weight is 361 g/mol. The molecule has 0 radical (unpaired) electrons. The summed E-state index contributed by atoms with van der Waals surface area (Å²) >= 11 is 5.85. The first-order chi connectivity index (χ1) is 11.8. The van der Waals surface area contributed by atoms with Crippen LogP contribution in [-0.2, 0) is 9.59 Å². The molecule has 0 aliphatic heterocycles. The molecule has 0 saturated heterocycles. The molecule has 0 aliphatic rings. The zero-order valence-electron chi connectivity index (χ0n) is 14.4. The van der Waals surface area contributed by atoms with Crippen molar-refractivity contribution in [1.82, 2.24) is 0 Å². The minimum atomic E-state index is -1.09. The Hall–Kier alpha value is -2.53. The lowest BCUT2D eigenvalue weighted by atomic mass is 10.1. The van der Waals surface area contributed by atoms with E-state index in [1.54, 1.807) is 69.3 Å². The molecule has 0 heterocycles. The molecular formula is C19H21ClN2O3. The Kier molecular flexibility index (Phi) is 6.04. The number of halogens is 1. The molecule has 6 heteroatoms. The lowest BCUT2D eigenvalue weighted by Gasteiger charge is -2.25. The van der Waals surface area contributed by atoms with Crippen LogP contribution in [0.5, 0.6) is 5.75 Å². The number of rotatable bonds is 6. The van der Waals surface area contributed by atoms with Crippen LogP contribution in [0, 0.1) is 0 Å². The minimum absolute atomic E-state index is 0.0881. The van der Waals surface area contributed by atoms with E-state index in [9.17, 15) is 9.59 Å². The summed E-state index contributed by atoms with van der Waals surface area (Å²) in [6.45, 7) is 5.14. The normalized spacial score (nSPS) is 10.9. The first-order valence-corrected chi connectivity index (χ1v) is 8.34. The predicted molar refractivity (Wildman–Crippen MR) is 100 cm³/mol. The number of anilines is 2. The van der Waals surface area contributed by atoms with Gasteiger partial charge in [0, 0.05) is 22.8 Å². The molecule has 0 aromatic heterocycles. The average Bonchev–Trinajstić information content (AvgIpc) is 2.57. The molecule has 0 aliphatic carbocycles. The Balaban J connectivity index is 2.05. The van der Waals surface area contributed by atoms with E-state index >= 15 is 0 Å². The van der Waals surface area contributed by atoms with Crippen LogP contribution < -0.4 is 15.4 Å². The van der Waals surface area contributed by atoms with Gasteiger partial charge in [-0.1, -0.05) is 24.6 Å². The van der Waals surface area contributed by atoms with Gasteiger partial charge in [0.1, 0.15) is 5.75 Å². The summed E-state index contributed by atoms with van der Waals surface area (Å²) in [4.78, 5) is 24.0. The van der Waals surface area contributed by atoms with Gasteiger partial charge in [-0.15, -0.1) is 0 Å². The maximum atomic E-state index is 12.5. The molecule has 2 amide bonds. The molecule has 2 N–H and O–H groups in total. The van der Waals surface area contributed by atoms with Crippen molar-refractivity contribution >= 4 is 34.8 Å². The van der Waals surface area contributed by atoms with Crippen LogP contribution in [0.15, 0.2) is 48.5 Å². The highest BCUT2D eigenvalue weighted by molar-refractivity contribution is 6.30. The van der Waals surface area contributed by atoms with Gasteiger partial charge in [0.25, 0.3) is 5.91 Å². The molecule has 0 saturated carbocycles. The van der Waals surface area contributed by atoms with Crippen molar-refractivity contribution < 1.29 is 14.3 Å². The summed E-state index contributed by atoms with van der Waals surface area (Å²) in [5.41, 5.74) is 0.115. The highest BCUT2D eigenvalue weighted by Gasteiger charge is 2.30. The number of benzene rings is 2. The third kappa shape index (κ3) is 5.50. The van der Waals surface area contributed by atoms with E-state index in [0.717, 1.165) is 0 Å². The van der Waals surface area contributed by atoms with Crippen molar-refractivity contribution in [2.75, 3.05) is 10.6 Å². The summed E-state index contributed by atoms with van der Waals surface area (Å²) in [6.07, 6.45) is 0.387. The van der Waals surface area contributed by atoms with Gasteiger partial charge in [0.05, 0.1) is 0 Å². The monoisotopic (exact) mass is 360 g/mol. The Morgan fingerprint density at radius 2 is 1.64 bits per heavy atom. The maximum absolute atomic E-state index is 12.5. The van der Waals surface area contributed by atoms with Gasteiger partial charge in [0.15, 0.2) is 5.60 Å². The second-order valence-electron chi connectivity index (χ2n) is 6.00. The molecule has 0 spiro atoms. The number of nitrogens with one attached hydrogen (secondary N) is 2. The van der Waals surface area contributed by atoms with Gasteiger partial charge >= 0.3 is 0 Å². The van der Waals surface area contributed by atoms with Crippen LogP contribution >= 0.6 is 11.6 Å². The molecule has 0 fully saturated rings. The number of hydrogen-bond acceptors (Lipinski definition) is 3. The fraction of sp³-hybridized carbons (Fsp3) is 0.263. The first kappa shape index (κ1) is 18.8. The molecule has 2 aromatic carbocycles. The standard InChI is InChI=1S/C19H21ClN2O3/c1-4-17(23)21-14-6-5-7-15(12-14)22-18(24)19(2,3)25-16-10-8-13(20)9-11-16/h5-12H,4H2,1-3H3,(H,21,23)(H,22,24). The van der Waals surface area contributed by atoms with Crippen LogP contribution in [-0.4, -0.2) is 17.4 Å². The third-order valence-corrected chi connectivity index (χ3v) is 3.71. The van der Waals surface area contributed by atoms with E-state index in [0.29, 0.717) is 28.6 Å². The predicted octanol–water partition coefficient (Wildman–Crippen LogP) is 4.48. The van der Waals surface area contributed by atoms with Gasteiger partial charge in [-0.2, -0.15) is 0 Å². The first-order valence-electron chi connectivity index (χ1n) is 7.96. The SMILES string of the molecule is CCC(=O)Nc1cccc(NC(=O)C(C)(C)Oc2ccc(Cl)cc2)c1. The number of ether oxygens (including phenoxy) is 1. The molecule has 0 atom stereocenters. The Morgan fingerprint density at radius 1 is 1.04 bits per heavy atom. The van der Waals surface area contributed by atoms with Crippen LogP contribution in [0.1, 0.15) is 27.2 Å². The number of amides is 2. The van der Waals surface area contributed by atoms with E-state index in [1.807, 2.05) is 0 Å². The second kappa shape index (κ2) is 8.03. The fourth-order valence-corrected chi connectivity index (χ4v) is 2.18. The lowest BCUT2D eigenvalue weighted by Crippen LogP contribution is -2.42. The summed E-state index contributed by atoms with van der Waals surface area (Å²) in [5, 5.41) is 6.16. The van der Waals surface area contributed by atoms with E-state index in [4.69, 9.17) is 16.3 Å². The van der Waals surface area contributed by atoms with E-state index < -0.39 is 5.60 Å². The molecule has 25 heavy (non-hydrogen) atoms. The Bertz CT molecular complexity index is 758. The van der Waals surface area contributed by atoms with Crippen LogP contribution in [0.2, 0.25) is 5.02 Å². The van der Waals surface area contributed by atoms with Crippen molar-refractivity contribution in [3.05, 3.63) is 53.6 Å². The van der Waals surface area contributed by atoms with Crippen molar-refractivity contribution in [2.24, 2.45) is 0 Å². The maximum Gasteiger partial charge on any atom is 0.267 e. The molecular weight excluding hydrogens is 340 g/mol. The zero-order chi connectivity index (χ0) is 18.4. The van der Waals surface area contributed by atoms with Crippen molar-refractivity contribution in [3.8, 4) is 5.75 Å². The van der Waals surface area contributed by atoms with Crippen molar-refractivity contribution in [1.29, 1.82) is 0 Å². The van der Waals surface area contributed by atoms with Crippen LogP contribution in [0.25, 0.3) is 0 Å². The molecule has 2 aromatic rings. The van der Waals surface area contributed by atoms with E-state index in [2.05, 4.69) is 10.6 Å². The highest BCUT2D eigenvalue weighted by Crippen LogP contribution is 2.23. The quantitative estimate of drug-likeness (QED) is 0.797. The minimum Gasteiger partial charge on any atom is -0.478 e. The molecule has 0 bridgehead atoms. The summed E-state index contributed by atoms with van der Waals surface area (Å²) < 4.78 is 5.76. The van der Waals surface area contributed by atoms with Gasteiger partial charge < -0.3 is 15.4 Å². The molecule has 5 nitrogen and oxygen atoms in total. The van der Waals surface area contributed by atoms with Crippen molar-refractivity contribution in [2.45, 2.75) is 32.8 Å². The van der Waals surface area contributed by atoms with E-state index in [1.165, 1.54) is 0 Å². The van der Waals surface area contributed by atoms with Crippen molar-refractivity contribution in [3.63, 3.8) is 0 Å². The molecule has 2 rings (SSSR count). The second-order valence-corrected chi connectivity index (χ2v) is 6.44.